The number of anilines is 2. The van der Waals surface area contributed by atoms with Gasteiger partial charge in [-0.1, -0.05) is 68.7 Å². The maximum atomic E-state index is 13.2. The lowest BCUT2D eigenvalue weighted by Crippen LogP contribution is -2.45. The molecule has 0 aromatic heterocycles. The molecule has 1 saturated carbocycles. The number of phenols is 1. The van der Waals surface area contributed by atoms with E-state index in [4.69, 9.17) is 9.47 Å². The maximum absolute atomic E-state index is 13.2. The fourth-order valence-corrected chi connectivity index (χ4v) is 7.39. The maximum Gasteiger partial charge on any atom is 0.328 e. The predicted octanol–water partition coefficient (Wildman–Crippen LogP) is 5.73. The molecule has 3 aliphatic rings. The number of esters is 1. The standard InChI is InChI=1S/C38H51N3O8S/c1-23-14-13-18-28-35(45)29(21-30-36(28)50-22-33(43)41-30)40-32(42)20-27(48-4)17-11-6-5-7-12-19-31(24(2)34(23)44)49-38(47)25(3)39-37(46)26-15-9-8-10-16-26/h5-7,11-12,14,17,21,24-27,31,34,44-45H,8-10,13,15-16,18-20,22H2,1-4H3,(H,39,46)(H,40,42)(H,41,43)/b6-5+,12-7+,17-11+,23-14-/t24-,25+,27-,31-,34-/m0/s1. The minimum absolute atomic E-state index is 0.00602. The van der Waals surface area contributed by atoms with Gasteiger partial charge in [0.15, 0.2) is 0 Å². The van der Waals surface area contributed by atoms with E-state index in [1.54, 1.807) is 44.2 Å². The summed E-state index contributed by atoms with van der Waals surface area (Å²) < 4.78 is 11.4. The SMILES string of the molecule is CO[C@H]1/C=C/C=C/C=C/C[C@H](OC(=O)[C@@H](C)NC(=O)C2CCCCC2)[C@H](C)[C@@H](O)/C(C)=C\CCc2c(O)c(cc3c2SCC(=O)N3)NC(=O)C1. The third-order valence-corrected chi connectivity index (χ3v) is 10.6. The van der Waals surface area contributed by atoms with E-state index in [2.05, 4.69) is 16.0 Å². The Balaban J connectivity index is 1.58. The van der Waals surface area contributed by atoms with Crippen LogP contribution in [0.3, 0.4) is 0 Å². The zero-order chi connectivity index (χ0) is 36.2. The molecule has 4 rings (SSSR count). The van der Waals surface area contributed by atoms with Crippen molar-refractivity contribution < 1.29 is 38.9 Å². The first-order valence-electron chi connectivity index (χ1n) is 17.5. The van der Waals surface area contributed by atoms with Gasteiger partial charge < -0.3 is 35.6 Å². The highest BCUT2D eigenvalue weighted by Gasteiger charge is 2.31. The number of methoxy groups -OCH3 is 1. The van der Waals surface area contributed by atoms with Crippen molar-refractivity contribution in [3.8, 4) is 5.75 Å². The average molecular weight is 710 g/mol. The third-order valence-electron chi connectivity index (χ3n) is 9.46. The second-order valence-corrected chi connectivity index (χ2v) is 14.2. The molecule has 12 heteroatoms. The van der Waals surface area contributed by atoms with Crippen LogP contribution in [0.15, 0.2) is 59.1 Å². The van der Waals surface area contributed by atoms with Crippen LogP contribution in [0.2, 0.25) is 0 Å². The summed E-state index contributed by atoms with van der Waals surface area (Å²) in [4.78, 5) is 52.0. The Morgan fingerprint density at radius 3 is 2.50 bits per heavy atom. The Kier molecular flexibility index (Phi) is 14.7. The monoisotopic (exact) mass is 709 g/mol. The molecule has 2 aliphatic heterocycles. The minimum atomic E-state index is -0.950. The highest BCUT2D eigenvalue weighted by molar-refractivity contribution is 8.00. The Morgan fingerprint density at radius 1 is 1.04 bits per heavy atom. The van der Waals surface area contributed by atoms with E-state index in [0.717, 1.165) is 37.0 Å². The van der Waals surface area contributed by atoms with Crippen molar-refractivity contribution in [2.75, 3.05) is 23.5 Å². The molecule has 0 unspecified atom stereocenters. The van der Waals surface area contributed by atoms with Gasteiger partial charge in [0.2, 0.25) is 17.7 Å². The van der Waals surface area contributed by atoms with Gasteiger partial charge in [-0.15, -0.1) is 11.8 Å². The van der Waals surface area contributed by atoms with E-state index in [0.29, 0.717) is 36.1 Å². The molecule has 272 valence electrons. The summed E-state index contributed by atoms with van der Waals surface area (Å²) in [5, 5.41) is 31.2. The van der Waals surface area contributed by atoms with Gasteiger partial charge in [-0.3, -0.25) is 14.4 Å². The fraction of sp³-hybridized carbons (Fsp3) is 0.526. The number of aromatic hydroxyl groups is 1. The number of carbonyl (C=O) groups excluding carboxylic acids is 4. The van der Waals surface area contributed by atoms with E-state index in [-0.39, 0.29) is 47.3 Å². The van der Waals surface area contributed by atoms with Crippen LogP contribution in [0.4, 0.5) is 11.4 Å². The number of benzene rings is 1. The van der Waals surface area contributed by atoms with Gasteiger partial charge in [-0.05, 0) is 51.2 Å². The van der Waals surface area contributed by atoms with Crippen LogP contribution in [0.5, 0.6) is 5.75 Å². The Morgan fingerprint density at radius 2 is 1.76 bits per heavy atom. The lowest BCUT2D eigenvalue weighted by molar-refractivity contribution is -0.156. The van der Waals surface area contributed by atoms with Gasteiger partial charge in [0.1, 0.15) is 17.9 Å². The number of phenolic OH excluding ortho intramolecular Hbond substituents is 1. The largest absolute Gasteiger partial charge is 0.505 e. The van der Waals surface area contributed by atoms with Crippen LogP contribution in [0, 0.1) is 11.8 Å². The lowest BCUT2D eigenvalue weighted by atomic mass is 9.88. The Bertz CT molecular complexity index is 1510. The number of allylic oxidation sites excluding steroid dienone is 5. The summed E-state index contributed by atoms with van der Waals surface area (Å²) in [6.07, 6.45) is 16.4. The topological polar surface area (TPSA) is 163 Å². The first-order valence-corrected chi connectivity index (χ1v) is 18.5. The summed E-state index contributed by atoms with van der Waals surface area (Å²) in [7, 11) is 1.50. The summed E-state index contributed by atoms with van der Waals surface area (Å²) in [5.41, 5.74) is 1.94. The van der Waals surface area contributed by atoms with Gasteiger partial charge >= 0.3 is 5.97 Å². The molecule has 5 N–H and O–H groups in total. The smallest absolute Gasteiger partial charge is 0.328 e. The van der Waals surface area contributed by atoms with E-state index >= 15 is 0 Å². The van der Waals surface area contributed by atoms with Crippen molar-refractivity contribution >= 4 is 46.8 Å². The Hall–Kier alpha value is -3.87. The average Bonchev–Trinajstić information content (AvgIpc) is 3.10. The molecule has 1 aromatic carbocycles. The van der Waals surface area contributed by atoms with Crippen LogP contribution in [-0.2, 0) is 35.1 Å². The van der Waals surface area contributed by atoms with Crippen LogP contribution >= 0.6 is 11.8 Å². The van der Waals surface area contributed by atoms with Crippen LogP contribution < -0.4 is 16.0 Å². The minimum Gasteiger partial charge on any atom is -0.505 e. The fourth-order valence-electron chi connectivity index (χ4n) is 6.40. The molecule has 50 heavy (non-hydrogen) atoms. The van der Waals surface area contributed by atoms with Crippen molar-refractivity contribution in [3.63, 3.8) is 0 Å². The van der Waals surface area contributed by atoms with E-state index in [9.17, 15) is 29.4 Å². The summed E-state index contributed by atoms with van der Waals surface area (Å²) in [6, 6.07) is 0.728. The van der Waals surface area contributed by atoms with Gasteiger partial charge in [-0.25, -0.2) is 4.79 Å². The van der Waals surface area contributed by atoms with Gasteiger partial charge in [0, 0.05) is 35.8 Å². The number of carbonyl (C=O) groups is 4. The molecule has 2 bridgehead atoms. The van der Waals surface area contributed by atoms with Gasteiger partial charge in [0.05, 0.1) is 35.8 Å². The molecule has 1 aliphatic carbocycles. The molecule has 3 amide bonds. The van der Waals surface area contributed by atoms with Crippen LogP contribution in [0.25, 0.3) is 0 Å². The number of hydrogen-bond donors (Lipinski definition) is 5. The molecule has 0 saturated heterocycles. The van der Waals surface area contributed by atoms with Crippen LogP contribution in [-0.4, -0.2) is 71.1 Å². The zero-order valence-electron chi connectivity index (χ0n) is 29.4. The number of fused-ring (bicyclic) bond motifs is 4. The summed E-state index contributed by atoms with van der Waals surface area (Å²) >= 11 is 1.32. The lowest BCUT2D eigenvalue weighted by Gasteiger charge is -2.29. The first-order chi connectivity index (χ1) is 24.0. The molecule has 1 aromatic rings. The highest BCUT2D eigenvalue weighted by Crippen LogP contribution is 2.44. The van der Waals surface area contributed by atoms with Crippen molar-refractivity contribution in [3.05, 3.63) is 59.7 Å². The number of aliphatic hydroxyl groups is 1. The predicted molar refractivity (Wildman–Crippen MR) is 195 cm³/mol. The molecule has 1 fully saturated rings. The quantitative estimate of drug-likeness (QED) is 0.111. The number of thioether (sulfide) groups is 1. The van der Waals surface area contributed by atoms with E-state index < -0.39 is 36.2 Å². The van der Waals surface area contributed by atoms with Gasteiger partial charge in [0.25, 0.3) is 0 Å². The number of ether oxygens (including phenoxy) is 2. The third kappa shape index (κ3) is 10.8. The molecular formula is C38H51N3O8S. The molecule has 2 heterocycles. The number of aliphatic hydroxyl groups excluding tert-OH is 1. The summed E-state index contributed by atoms with van der Waals surface area (Å²) in [6.45, 7) is 5.25. The van der Waals surface area contributed by atoms with Crippen molar-refractivity contribution in [1.29, 1.82) is 0 Å². The second-order valence-electron chi connectivity index (χ2n) is 13.3. The number of amides is 3. The first kappa shape index (κ1) is 38.9. The van der Waals surface area contributed by atoms with E-state index in [1.165, 1.54) is 18.9 Å². The molecule has 0 radical (unpaired) electrons. The number of nitrogens with one attached hydrogen (secondary N) is 3. The molecule has 11 nitrogen and oxygen atoms in total. The summed E-state index contributed by atoms with van der Waals surface area (Å²) in [5.74, 6) is -1.70. The number of rotatable bonds is 5. The van der Waals surface area contributed by atoms with E-state index in [1.807, 2.05) is 25.2 Å². The number of hydrogen-bond acceptors (Lipinski definition) is 9. The van der Waals surface area contributed by atoms with Gasteiger partial charge in [-0.2, -0.15) is 0 Å². The highest BCUT2D eigenvalue weighted by atomic mass is 32.2. The normalized spacial score (nSPS) is 27.8. The van der Waals surface area contributed by atoms with Crippen molar-refractivity contribution in [2.24, 2.45) is 11.8 Å². The molecule has 5 atom stereocenters. The van der Waals surface area contributed by atoms with Crippen molar-refractivity contribution in [1.82, 2.24) is 5.32 Å². The molecular weight excluding hydrogens is 658 g/mol. The zero-order valence-corrected chi connectivity index (χ0v) is 30.2. The Labute approximate surface area is 299 Å². The van der Waals surface area contributed by atoms with Crippen molar-refractivity contribution in [2.45, 2.75) is 108 Å². The molecule has 0 spiro atoms. The second kappa shape index (κ2) is 18.9. The van der Waals surface area contributed by atoms with Crippen LogP contribution in [0.1, 0.15) is 77.7 Å².